The molecule has 30 heavy (non-hydrogen) atoms. The lowest BCUT2D eigenvalue weighted by molar-refractivity contribution is 0.331. The minimum absolute atomic E-state index is 0. The summed E-state index contributed by atoms with van der Waals surface area (Å²) in [4.78, 5) is 22.0. The molecule has 1 saturated heterocycles. The van der Waals surface area contributed by atoms with Gasteiger partial charge >= 0.3 is 0 Å². The SMILES string of the molecule is CS(=O)(=O)N1CCC(Nc2ncc3cc(C#N)c(=O)n(C4CC5CC5C4)c3n2)CC1.[HH]. The Hall–Kier alpha value is -2.51. The second-order valence-electron chi connectivity index (χ2n) is 8.78. The molecule has 2 aromatic heterocycles. The lowest BCUT2D eigenvalue weighted by Gasteiger charge is -2.30. The average molecular weight is 431 g/mol. The Bertz CT molecular complexity index is 1210. The summed E-state index contributed by atoms with van der Waals surface area (Å²) in [5.41, 5.74) is 0.416. The molecule has 0 amide bonds. The topological polar surface area (TPSA) is 121 Å². The van der Waals surface area contributed by atoms with Crippen molar-refractivity contribution < 1.29 is 9.84 Å². The molecular weight excluding hydrogens is 404 g/mol. The first-order valence-corrected chi connectivity index (χ1v) is 12.2. The first-order chi connectivity index (χ1) is 14.3. The minimum atomic E-state index is -3.17. The second kappa shape index (κ2) is 7.03. The highest BCUT2D eigenvalue weighted by molar-refractivity contribution is 7.88. The summed E-state index contributed by atoms with van der Waals surface area (Å²) in [5.74, 6) is 1.82. The number of sulfonamides is 1. The summed E-state index contributed by atoms with van der Waals surface area (Å²) >= 11 is 0. The van der Waals surface area contributed by atoms with Gasteiger partial charge in [0.15, 0.2) is 0 Å². The van der Waals surface area contributed by atoms with Crippen molar-refractivity contribution in [3.05, 3.63) is 28.2 Å². The number of aromatic nitrogens is 3. The number of rotatable bonds is 4. The van der Waals surface area contributed by atoms with E-state index in [2.05, 4.69) is 15.3 Å². The first kappa shape index (κ1) is 19.5. The molecule has 3 heterocycles. The van der Waals surface area contributed by atoms with Crippen LogP contribution < -0.4 is 10.9 Å². The number of nitrogens with zero attached hydrogens (tertiary/aromatic N) is 5. The molecule has 2 saturated carbocycles. The molecule has 0 aromatic carbocycles. The molecule has 3 aliphatic rings. The first-order valence-electron chi connectivity index (χ1n) is 10.4. The van der Waals surface area contributed by atoms with Crippen molar-refractivity contribution in [2.24, 2.45) is 11.8 Å². The molecule has 0 radical (unpaired) electrons. The van der Waals surface area contributed by atoms with Crippen LogP contribution in [-0.2, 0) is 10.0 Å². The Morgan fingerprint density at radius 2 is 1.93 bits per heavy atom. The van der Waals surface area contributed by atoms with Gasteiger partial charge in [-0.2, -0.15) is 10.2 Å². The zero-order chi connectivity index (χ0) is 21.0. The number of nitrogens with one attached hydrogen (secondary N) is 1. The van der Waals surface area contributed by atoms with E-state index in [0.717, 1.165) is 12.8 Å². The molecule has 10 heteroatoms. The molecular formula is C20H26N6O3S. The highest BCUT2D eigenvalue weighted by Gasteiger charge is 2.47. The van der Waals surface area contributed by atoms with Crippen LogP contribution in [-0.4, -0.2) is 52.6 Å². The highest BCUT2D eigenvalue weighted by Crippen LogP contribution is 2.56. The number of hydrogen-bond acceptors (Lipinski definition) is 7. The maximum absolute atomic E-state index is 13.0. The molecule has 5 rings (SSSR count). The van der Waals surface area contributed by atoms with Gasteiger partial charge in [0, 0.05) is 38.2 Å². The molecule has 160 valence electrons. The van der Waals surface area contributed by atoms with Crippen molar-refractivity contribution in [1.82, 2.24) is 18.8 Å². The van der Waals surface area contributed by atoms with E-state index in [9.17, 15) is 18.5 Å². The van der Waals surface area contributed by atoms with Crippen LogP contribution in [0.1, 0.15) is 45.1 Å². The van der Waals surface area contributed by atoms with Crippen molar-refractivity contribution in [2.45, 2.75) is 44.2 Å². The van der Waals surface area contributed by atoms with Crippen LogP contribution in [0, 0.1) is 23.2 Å². The monoisotopic (exact) mass is 430 g/mol. The van der Waals surface area contributed by atoms with E-state index in [4.69, 9.17) is 0 Å². The Morgan fingerprint density at radius 3 is 2.57 bits per heavy atom. The molecule has 2 unspecified atom stereocenters. The van der Waals surface area contributed by atoms with Crippen LogP contribution in [0.15, 0.2) is 17.1 Å². The van der Waals surface area contributed by atoms with E-state index in [1.807, 2.05) is 6.07 Å². The molecule has 3 fully saturated rings. The second-order valence-corrected chi connectivity index (χ2v) is 10.8. The normalized spacial score (nSPS) is 27.0. The van der Waals surface area contributed by atoms with Crippen molar-refractivity contribution in [1.29, 1.82) is 5.26 Å². The van der Waals surface area contributed by atoms with Crippen LogP contribution in [0.25, 0.3) is 11.0 Å². The maximum atomic E-state index is 13.0. The van der Waals surface area contributed by atoms with Gasteiger partial charge in [-0.25, -0.2) is 17.7 Å². The summed E-state index contributed by atoms with van der Waals surface area (Å²) in [6.07, 6.45) is 7.39. The Morgan fingerprint density at radius 1 is 1.23 bits per heavy atom. The number of nitriles is 1. The Balaban J connectivity index is 0.00000231. The molecule has 2 aliphatic carbocycles. The predicted molar refractivity (Wildman–Crippen MR) is 114 cm³/mol. The predicted octanol–water partition coefficient (Wildman–Crippen LogP) is 1.72. The molecule has 2 atom stereocenters. The zero-order valence-electron chi connectivity index (χ0n) is 16.8. The summed E-state index contributed by atoms with van der Waals surface area (Å²) in [5, 5.41) is 13.4. The maximum Gasteiger partial charge on any atom is 0.270 e. The summed E-state index contributed by atoms with van der Waals surface area (Å²) in [6, 6.07) is 3.73. The van der Waals surface area contributed by atoms with Crippen LogP contribution in [0.4, 0.5) is 5.95 Å². The van der Waals surface area contributed by atoms with Crippen molar-refractivity contribution in [3.63, 3.8) is 0 Å². The zero-order valence-corrected chi connectivity index (χ0v) is 17.6. The van der Waals surface area contributed by atoms with E-state index in [-0.39, 0.29) is 24.6 Å². The highest BCUT2D eigenvalue weighted by atomic mass is 32.2. The van der Waals surface area contributed by atoms with Gasteiger partial charge in [0.1, 0.15) is 17.3 Å². The third-order valence-electron chi connectivity index (χ3n) is 6.73. The molecule has 1 N–H and O–H groups in total. The van der Waals surface area contributed by atoms with Crippen LogP contribution >= 0.6 is 0 Å². The number of hydrogen-bond donors (Lipinski definition) is 1. The van der Waals surface area contributed by atoms with Gasteiger partial charge in [-0.1, -0.05) is 0 Å². The number of anilines is 1. The summed E-state index contributed by atoms with van der Waals surface area (Å²) < 4.78 is 26.6. The number of pyridine rings is 1. The van der Waals surface area contributed by atoms with Crippen LogP contribution in [0.3, 0.4) is 0 Å². The number of piperidine rings is 1. The van der Waals surface area contributed by atoms with E-state index < -0.39 is 10.0 Å². The van der Waals surface area contributed by atoms with Crippen LogP contribution in [0.5, 0.6) is 0 Å². The molecule has 1 aliphatic heterocycles. The van der Waals surface area contributed by atoms with E-state index in [1.54, 1.807) is 16.8 Å². The van der Waals surface area contributed by atoms with E-state index in [0.29, 0.717) is 54.7 Å². The average Bonchev–Trinajstić information content (AvgIpc) is 3.32. The lowest BCUT2D eigenvalue weighted by Crippen LogP contribution is -2.42. The van der Waals surface area contributed by atoms with Crippen molar-refractivity contribution in [3.8, 4) is 6.07 Å². The van der Waals surface area contributed by atoms with E-state index >= 15 is 0 Å². The fourth-order valence-electron chi connectivity index (χ4n) is 5.02. The third-order valence-corrected chi connectivity index (χ3v) is 8.04. The van der Waals surface area contributed by atoms with Crippen molar-refractivity contribution >= 4 is 27.0 Å². The quantitative estimate of drug-likeness (QED) is 0.784. The summed E-state index contributed by atoms with van der Waals surface area (Å²) in [6.45, 7) is 0.927. The molecule has 0 bridgehead atoms. The van der Waals surface area contributed by atoms with Gasteiger partial charge in [0.05, 0.1) is 6.26 Å². The molecule has 2 aromatic rings. The van der Waals surface area contributed by atoms with Gasteiger partial charge in [-0.3, -0.25) is 9.36 Å². The fourth-order valence-corrected chi connectivity index (χ4v) is 5.89. The molecule has 0 spiro atoms. The smallest absolute Gasteiger partial charge is 0.270 e. The van der Waals surface area contributed by atoms with Crippen LogP contribution in [0.2, 0.25) is 0 Å². The fraction of sp³-hybridized carbons (Fsp3) is 0.600. The number of fused-ring (bicyclic) bond motifs is 2. The third kappa shape index (κ3) is 3.46. The standard InChI is InChI=1S/C20H24N6O3S.H2/c1-30(28,29)25-4-2-16(3-5-25)23-20-22-11-15-7-14(10-21)19(27)26(18(15)24-20)17-8-12-6-13(12)9-17;/h7,11-13,16-17H,2-6,8-9H2,1H3,(H,22,23,24);1H. The largest absolute Gasteiger partial charge is 0.351 e. The van der Waals surface area contributed by atoms with Gasteiger partial charge in [0.25, 0.3) is 5.56 Å². The van der Waals surface area contributed by atoms with Gasteiger partial charge in [0.2, 0.25) is 16.0 Å². The lowest BCUT2D eigenvalue weighted by atomic mass is 10.1. The summed E-state index contributed by atoms with van der Waals surface area (Å²) in [7, 11) is -3.17. The van der Waals surface area contributed by atoms with Gasteiger partial charge in [-0.15, -0.1) is 0 Å². The van der Waals surface area contributed by atoms with Gasteiger partial charge in [-0.05, 0) is 50.0 Å². The van der Waals surface area contributed by atoms with Gasteiger partial charge < -0.3 is 5.32 Å². The minimum Gasteiger partial charge on any atom is -0.351 e. The van der Waals surface area contributed by atoms with Crippen molar-refractivity contribution in [2.75, 3.05) is 24.7 Å². The Labute approximate surface area is 176 Å². The van der Waals surface area contributed by atoms with E-state index in [1.165, 1.54) is 17.0 Å². The Kier molecular flexibility index (Phi) is 4.56. The molecule has 9 nitrogen and oxygen atoms in total.